The monoisotopic (exact) mass is 219 g/mol. The molecule has 1 heterocycles. The smallest absolute Gasteiger partial charge is 0.376 e. The van der Waals surface area contributed by atoms with E-state index < -0.39 is 18.1 Å². The molecule has 7 heteroatoms. The molecule has 1 rings (SSSR count). The molecule has 1 fully saturated rings. The Labute approximate surface area is 87.3 Å². The van der Waals surface area contributed by atoms with Gasteiger partial charge >= 0.3 is 7.05 Å². The zero-order valence-electron chi connectivity index (χ0n) is 8.31. The van der Waals surface area contributed by atoms with Gasteiger partial charge in [0, 0.05) is 31.4 Å². The van der Waals surface area contributed by atoms with Crippen LogP contribution < -0.4 is 5.32 Å². The molecule has 0 saturated carbocycles. The molecule has 0 radical (unpaired) electrons. The van der Waals surface area contributed by atoms with Crippen molar-refractivity contribution in [1.82, 2.24) is 10.1 Å². The summed E-state index contributed by atoms with van der Waals surface area (Å²) >= 11 is -1.98. The highest BCUT2D eigenvalue weighted by molar-refractivity contribution is 7.79. The van der Waals surface area contributed by atoms with Crippen LogP contribution in [0.3, 0.4) is 0 Å². The molecule has 1 saturated heterocycles. The number of hydrogen-bond acceptors (Lipinski definition) is 5. The first-order valence-electron chi connectivity index (χ1n) is 4.81. The van der Waals surface area contributed by atoms with Crippen LogP contribution in [0, 0.1) is 0 Å². The Kier molecular flexibility index (Phi) is 5.04. The summed E-state index contributed by atoms with van der Waals surface area (Å²) in [4.78, 5) is 1.93. The number of rotatable bonds is 4. The van der Waals surface area contributed by atoms with Gasteiger partial charge in [0.2, 0.25) is 0 Å². The summed E-state index contributed by atoms with van der Waals surface area (Å²) in [6.07, 6.45) is 0.577. The Bertz CT molecular complexity index is 205. The number of nitrogens with zero attached hydrogens (tertiary/aromatic N) is 1. The van der Waals surface area contributed by atoms with Gasteiger partial charge in [0.1, 0.15) is 0 Å². The molecule has 0 bridgehead atoms. The van der Waals surface area contributed by atoms with Crippen molar-refractivity contribution in [2.45, 2.75) is 19.3 Å². The molecule has 0 aromatic rings. The quantitative estimate of drug-likeness (QED) is 0.451. The van der Waals surface area contributed by atoms with Crippen molar-refractivity contribution in [3.63, 3.8) is 0 Å². The lowest BCUT2D eigenvalue weighted by Gasteiger charge is -2.37. The Morgan fingerprint density at radius 1 is 1.79 bits per heavy atom. The van der Waals surface area contributed by atoms with Gasteiger partial charge in [-0.3, -0.25) is 4.21 Å². The molecule has 2 N–H and O–H groups in total. The second-order valence-electron chi connectivity index (χ2n) is 3.52. The van der Waals surface area contributed by atoms with Crippen LogP contribution in [0.15, 0.2) is 0 Å². The minimum atomic E-state index is -1.98. The molecule has 0 aromatic heterocycles. The van der Waals surface area contributed by atoms with Gasteiger partial charge in [-0.15, -0.1) is 0 Å². The van der Waals surface area contributed by atoms with Crippen LogP contribution in [0.1, 0.15) is 6.42 Å². The molecular formula is C7H16BN2O3S-. The van der Waals surface area contributed by atoms with Gasteiger partial charge in [-0.2, -0.15) is 0 Å². The van der Waals surface area contributed by atoms with E-state index in [1.54, 1.807) is 6.82 Å². The molecule has 0 aliphatic carbocycles. The third kappa shape index (κ3) is 3.66. The Morgan fingerprint density at radius 2 is 2.50 bits per heavy atom. The maximum atomic E-state index is 10.4. The molecule has 0 aromatic carbocycles. The topological polar surface area (TPSA) is 75.6 Å². The normalized spacial score (nSPS) is 26.1. The van der Waals surface area contributed by atoms with Crippen LogP contribution >= 0.6 is 0 Å². The second-order valence-corrected chi connectivity index (χ2v) is 4.54. The highest BCUT2D eigenvalue weighted by atomic mass is 32.2. The molecule has 1 aliphatic rings. The fourth-order valence-electron chi connectivity index (χ4n) is 1.77. The molecule has 82 valence electrons. The molecule has 1 unspecified atom stereocenters. The Balaban J connectivity index is 2.41. The zero-order chi connectivity index (χ0) is 10.6. The lowest BCUT2D eigenvalue weighted by Crippen LogP contribution is -2.56. The summed E-state index contributed by atoms with van der Waals surface area (Å²) < 4.78 is 20.8. The van der Waals surface area contributed by atoms with Crippen LogP contribution in [0.25, 0.3) is 0 Å². The predicted molar refractivity (Wildman–Crippen MR) is 55.6 cm³/mol. The fourth-order valence-corrected chi connectivity index (χ4v) is 2.23. The summed E-state index contributed by atoms with van der Waals surface area (Å²) in [5, 5.41) is 12.6. The molecular weight excluding hydrogens is 203 g/mol. The number of nitrogens with one attached hydrogen (secondary N) is 1. The highest BCUT2D eigenvalue weighted by Gasteiger charge is 2.27. The first kappa shape index (κ1) is 12.1. The van der Waals surface area contributed by atoms with Crippen LogP contribution in [-0.2, 0) is 11.1 Å². The second kappa shape index (κ2) is 5.82. The van der Waals surface area contributed by atoms with Gasteiger partial charge in [0.15, 0.2) is 0 Å². The molecule has 5 nitrogen and oxygen atoms in total. The van der Waals surface area contributed by atoms with E-state index >= 15 is 0 Å². The molecule has 0 amide bonds. The number of piperazine rings is 1. The first-order valence-corrected chi connectivity index (χ1v) is 6.06. The number of hydrogen-bond donors (Lipinski definition) is 2. The molecule has 1 aliphatic heterocycles. The van der Waals surface area contributed by atoms with E-state index in [9.17, 15) is 13.8 Å². The van der Waals surface area contributed by atoms with Crippen LogP contribution in [-0.4, -0.2) is 57.1 Å². The average molecular weight is 219 g/mol. The lowest BCUT2D eigenvalue weighted by atomic mass is 9.81. The van der Waals surface area contributed by atoms with Gasteiger partial charge in [-0.25, -0.2) is 0 Å². The van der Waals surface area contributed by atoms with Crippen molar-refractivity contribution in [1.29, 1.82) is 0 Å². The van der Waals surface area contributed by atoms with Crippen molar-refractivity contribution in [3.8, 4) is 0 Å². The molecule has 14 heavy (non-hydrogen) atoms. The third-order valence-corrected chi connectivity index (χ3v) is 3.06. The maximum absolute atomic E-state index is 10.4. The van der Waals surface area contributed by atoms with Crippen molar-refractivity contribution in [3.05, 3.63) is 0 Å². The fraction of sp³-hybridized carbons (Fsp3) is 1.00. The van der Waals surface area contributed by atoms with E-state index in [0.717, 1.165) is 19.6 Å². The lowest BCUT2D eigenvalue weighted by molar-refractivity contribution is 0.234. The van der Waals surface area contributed by atoms with Gasteiger partial charge in [0.25, 0.3) is 0 Å². The minimum absolute atomic E-state index is 0.127. The van der Waals surface area contributed by atoms with Crippen LogP contribution in [0.5, 0.6) is 0 Å². The highest BCUT2D eigenvalue weighted by Crippen LogP contribution is 2.08. The SMILES string of the molecule is CB(O)N1CCNC[C@@H]1CCS(=O)[O-]. The molecule has 0 spiro atoms. The van der Waals surface area contributed by atoms with E-state index in [4.69, 9.17) is 0 Å². The predicted octanol–water partition coefficient (Wildman–Crippen LogP) is -1.36. The summed E-state index contributed by atoms with van der Waals surface area (Å²) in [5.74, 6) is 0.162. The third-order valence-electron chi connectivity index (χ3n) is 2.49. The summed E-state index contributed by atoms with van der Waals surface area (Å²) in [5.41, 5.74) is 0. The Morgan fingerprint density at radius 3 is 3.07 bits per heavy atom. The summed E-state index contributed by atoms with van der Waals surface area (Å²) in [6, 6.07) is 0.127. The van der Waals surface area contributed by atoms with Gasteiger partial charge in [0.05, 0.1) is 0 Å². The van der Waals surface area contributed by atoms with Crippen molar-refractivity contribution in [2.24, 2.45) is 0 Å². The standard InChI is InChI=1S/C7H17BN2O3S/c1-8(11)10-4-3-9-6-7(10)2-5-14(12)13/h7,9,11H,2-6H2,1H3,(H,12,13)/p-1/t7-/m0/s1. The van der Waals surface area contributed by atoms with Crippen molar-refractivity contribution < 1.29 is 13.8 Å². The van der Waals surface area contributed by atoms with Gasteiger partial charge < -0.3 is 19.7 Å². The van der Waals surface area contributed by atoms with E-state index in [-0.39, 0.29) is 11.8 Å². The van der Waals surface area contributed by atoms with Gasteiger partial charge in [-0.1, -0.05) is 11.1 Å². The average Bonchev–Trinajstić information content (AvgIpc) is 2.15. The summed E-state index contributed by atoms with van der Waals surface area (Å²) in [7, 11) is -0.498. The minimum Gasteiger partial charge on any atom is -0.772 e. The van der Waals surface area contributed by atoms with E-state index in [1.807, 2.05) is 4.81 Å². The first-order chi connectivity index (χ1) is 6.61. The zero-order valence-corrected chi connectivity index (χ0v) is 9.13. The van der Waals surface area contributed by atoms with Crippen LogP contribution in [0.4, 0.5) is 0 Å². The summed E-state index contributed by atoms with van der Waals surface area (Å²) in [6.45, 7) is 4.09. The van der Waals surface area contributed by atoms with Crippen molar-refractivity contribution in [2.75, 3.05) is 25.4 Å². The van der Waals surface area contributed by atoms with E-state index in [1.165, 1.54) is 0 Å². The van der Waals surface area contributed by atoms with Crippen molar-refractivity contribution >= 4 is 18.1 Å². The molecule has 2 atom stereocenters. The maximum Gasteiger partial charge on any atom is 0.376 e. The van der Waals surface area contributed by atoms with E-state index in [0.29, 0.717) is 6.42 Å². The van der Waals surface area contributed by atoms with Crippen LogP contribution in [0.2, 0.25) is 6.82 Å². The van der Waals surface area contributed by atoms with Gasteiger partial charge in [-0.05, 0) is 13.2 Å². The van der Waals surface area contributed by atoms with E-state index in [2.05, 4.69) is 5.32 Å². The Hall–Kier alpha value is 0.0549. The largest absolute Gasteiger partial charge is 0.772 e.